The van der Waals surface area contributed by atoms with Gasteiger partial charge in [-0.2, -0.15) is 0 Å². The van der Waals surface area contributed by atoms with E-state index < -0.39 is 29.1 Å². The number of nitrogens with zero attached hydrogens (tertiary/aromatic N) is 1. The van der Waals surface area contributed by atoms with Gasteiger partial charge >= 0.3 is 5.97 Å². The molecule has 0 saturated carbocycles. The van der Waals surface area contributed by atoms with Gasteiger partial charge in [-0.15, -0.1) is 0 Å². The van der Waals surface area contributed by atoms with Crippen LogP contribution in [0.2, 0.25) is 0 Å². The summed E-state index contributed by atoms with van der Waals surface area (Å²) in [7, 11) is 0. The van der Waals surface area contributed by atoms with Crippen LogP contribution in [-0.4, -0.2) is 22.0 Å². The number of hydrogen-bond donors (Lipinski definition) is 2. The largest absolute Gasteiger partial charge is 0.477 e. The maximum absolute atomic E-state index is 13.9. The zero-order valence-electron chi connectivity index (χ0n) is 16.8. The van der Waals surface area contributed by atoms with E-state index >= 15 is 0 Å². The van der Waals surface area contributed by atoms with E-state index in [1.807, 2.05) is 41.5 Å². The summed E-state index contributed by atoms with van der Waals surface area (Å²) in [6, 6.07) is 4.84. The molecule has 5 nitrogen and oxygen atoms in total. The van der Waals surface area contributed by atoms with Crippen molar-refractivity contribution in [3.63, 3.8) is 0 Å². The number of aromatic nitrogens is 1. The zero-order chi connectivity index (χ0) is 21.4. The number of rotatable bonds is 3. The first-order valence-electron chi connectivity index (χ1n) is 8.77. The Bertz CT molecular complexity index is 886. The lowest BCUT2D eigenvalue weighted by Crippen LogP contribution is -2.23. The molecule has 0 bridgehead atoms. The van der Waals surface area contributed by atoms with Gasteiger partial charge in [0.25, 0.3) is 5.91 Å². The number of carboxylic acid groups (broad SMARTS) is 1. The summed E-state index contributed by atoms with van der Waals surface area (Å²) in [5.41, 5.74) is -0.126. The SMILES string of the molecule is CC(C)(C)c1cc(C(=O)Nc2cc(F)c(C(=O)O)c(F)c2)cc(C(C)(C)C)n1. The van der Waals surface area contributed by atoms with Crippen molar-refractivity contribution in [2.45, 2.75) is 52.4 Å². The summed E-state index contributed by atoms with van der Waals surface area (Å²) in [4.78, 5) is 28.3. The maximum atomic E-state index is 13.9. The molecule has 2 aromatic rings. The van der Waals surface area contributed by atoms with Crippen LogP contribution in [0.15, 0.2) is 24.3 Å². The summed E-state index contributed by atoms with van der Waals surface area (Å²) >= 11 is 0. The fourth-order valence-electron chi connectivity index (χ4n) is 2.48. The first-order valence-corrected chi connectivity index (χ1v) is 8.77. The number of nitrogens with one attached hydrogen (secondary N) is 1. The molecule has 2 N–H and O–H groups in total. The number of carbonyl (C=O) groups excluding carboxylic acids is 1. The van der Waals surface area contributed by atoms with Gasteiger partial charge in [0, 0.05) is 33.5 Å². The minimum Gasteiger partial charge on any atom is -0.477 e. The number of amides is 1. The molecule has 0 radical (unpaired) electrons. The van der Waals surface area contributed by atoms with E-state index in [-0.39, 0.29) is 16.5 Å². The van der Waals surface area contributed by atoms with Crippen molar-refractivity contribution in [3.05, 3.63) is 58.4 Å². The normalized spacial score (nSPS) is 12.0. The van der Waals surface area contributed by atoms with Crippen LogP contribution in [0, 0.1) is 11.6 Å². The highest BCUT2D eigenvalue weighted by Gasteiger charge is 2.24. The van der Waals surface area contributed by atoms with Gasteiger partial charge in [0.1, 0.15) is 17.2 Å². The van der Waals surface area contributed by atoms with E-state index in [0.29, 0.717) is 17.0 Å². The molecule has 0 aliphatic carbocycles. The monoisotopic (exact) mass is 390 g/mol. The van der Waals surface area contributed by atoms with E-state index in [0.717, 1.165) is 12.1 Å². The fourth-order valence-corrected chi connectivity index (χ4v) is 2.48. The van der Waals surface area contributed by atoms with E-state index in [4.69, 9.17) is 5.11 Å². The van der Waals surface area contributed by atoms with Crippen molar-refractivity contribution in [2.75, 3.05) is 5.32 Å². The van der Waals surface area contributed by atoms with Gasteiger partial charge < -0.3 is 10.4 Å². The zero-order valence-corrected chi connectivity index (χ0v) is 16.8. The Kier molecular flexibility index (Phi) is 5.59. The Morgan fingerprint density at radius 2 is 1.32 bits per heavy atom. The van der Waals surface area contributed by atoms with E-state index in [9.17, 15) is 18.4 Å². The predicted octanol–water partition coefficient (Wildman–Crippen LogP) is 4.91. The summed E-state index contributed by atoms with van der Waals surface area (Å²) in [6.45, 7) is 11.8. The number of carbonyl (C=O) groups is 2. The predicted molar refractivity (Wildman–Crippen MR) is 103 cm³/mol. The Morgan fingerprint density at radius 1 is 0.893 bits per heavy atom. The third kappa shape index (κ3) is 4.71. The number of hydrogen-bond acceptors (Lipinski definition) is 3. The molecule has 0 fully saturated rings. The average molecular weight is 390 g/mol. The number of anilines is 1. The number of aromatic carboxylic acids is 1. The standard InChI is InChI=1S/C21H24F2N2O3/c1-20(2,3)15-7-11(8-16(25-15)21(4,5)6)18(26)24-12-9-13(22)17(19(27)28)14(23)10-12/h7-10H,1-6H3,(H,24,26)(H,27,28). The smallest absolute Gasteiger partial charge is 0.341 e. The van der Waals surface area contributed by atoms with Crippen molar-refractivity contribution in [3.8, 4) is 0 Å². The third-order valence-corrected chi connectivity index (χ3v) is 4.14. The van der Waals surface area contributed by atoms with Crippen LogP contribution in [-0.2, 0) is 10.8 Å². The molecule has 0 aliphatic rings. The quantitative estimate of drug-likeness (QED) is 0.781. The van der Waals surface area contributed by atoms with Gasteiger partial charge in [0.15, 0.2) is 0 Å². The molecule has 0 saturated heterocycles. The molecule has 1 amide bonds. The lowest BCUT2D eigenvalue weighted by atomic mass is 9.86. The molecule has 7 heteroatoms. The van der Waals surface area contributed by atoms with Crippen LogP contribution in [0.1, 0.15) is 73.6 Å². The minimum absolute atomic E-state index is 0.170. The number of pyridine rings is 1. The van der Waals surface area contributed by atoms with Gasteiger partial charge in [0.05, 0.1) is 0 Å². The fraction of sp³-hybridized carbons (Fsp3) is 0.381. The number of carboxylic acids is 1. The third-order valence-electron chi connectivity index (χ3n) is 4.14. The molecule has 0 atom stereocenters. The molecular formula is C21H24F2N2O3. The van der Waals surface area contributed by atoms with Gasteiger partial charge in [0.2, 0.25) is 0 Å². The second-order valence-corrected chi connectivity index (χ2v) is 8.70. The van der Waals surface area contributed by atoms with Gasteiger partial charge in [-0.3, -0.25) is 9.78 Å². The second kappa shape index (κ2) is 7.30. The summed E-state index contributed by atoms with van der Waals surface area (Å²) in [5.74, 6) is -4.81. The maximum Gasteiger partial charge on any atom is 0.341 e. The Labute approximate surface area is 162 Å². The van der Waals surface area contributed by atoms with Crippen LogP contribution in [0.25, 0.3) is 0 Å². The highest BCUT2D eigenvalue weighted by molar-refractivity contribution is 6.04. The topological polar surface area (TPSA) is 79.3 Å². The first kappa shape index (κ1) is 21.5. The van der Waals surface area contributed by atoms with Crippen LogP contribution in [0.4, 0.5) is 14.5 Å². The molecule has 0 spiro atoms. The van der Waals surface area contributed by atoms with Gasteiger partial charge in [-0.1, -0.05) is 41.5 Å². The average Bonchev–Trinajstić information content (AvgIpc) is 2.51. The van der Waals surface area contributed by atoms with Crippen molar-refractivity contribution in [2.24, 2.45) is 0 Å². The van der Waals surface area contributed by atoms with E-state index in [1.54, 1.807) is 12.1 Å². The number of benzene rings is 1. The molecule has 1 aromatic heterocycles. The first-order chi connectivity index (χ1) is 12.7. The molecular weight excluding hydrogens is 366 g/mol. The molecule has 1 aromatic carbocycles. The van der Waals surface area contributed by atoms with Crippen LogP contribution in [0.5, 0.6) is 0 Å². The van der Waals surface area contributed by atoms with Crippen molar-refractivity contribution in [1.82, 2.24) is 4.98 Å². The molecule has 0 unspecified atom stereocenters. The van der Waals surface area contributed by atoms with Gasteiger partial charge in [-0.25, -0.2) is 13.6 Å². The molecule has 0 aliphatic heterocycles. The van der Waals surface area contributed by atoms with Crippen molar-refractivity contribution >= 4 is 17.6 Å². The Morgan fingerprint density at radius 3 is 1.68 bits per heavy atom. The molecule has 150 valence electrons. The summed E-state index contributed by atoms with van der Waals surface area (Å²) < 4.78 is 27.7. The van der Waals surface area contributed by atoms with Crippen LogP contribution >= 0.6 is 0 Å². The highest BCUT2D eigenvalue weighted by atomic mass is 19.1. The van der Waals surface area contributed by atoms with E-state index in [1.165, 1.54) is 0 Å². The highest BCUT2D eigenvalue weighted by Crippen LogP contribution is 2.28. The molecule has 2 rings (SSSR count). The van der Waals surface area contributed by atoms with Crippen molar-refractivity contribution < 1.29 is 23.5 Å². The summed E-state index contributed by atoms with van der Waals surface area (Å²) in [5, 5.41) is 11.3. The van der Waals surface area contributed by atoms with E-state index in [2.05, 4.69) is 10.3 Å². The van der Waals surface area contributed by atoms with Gasteiger partial charge in [-0.05, 0) is 24.3 Å². The summed E-state index contributed by atoms with van der Waals surface area (Å²) in [6.07, 6.45) is 0. The number of halogens is 2. The lowest BCUT2D eigenvalue weighted by Gasteiger charge is -2.24. The van der Waals surface area contributed by atoms with Crippen LogP contribution in [0.3, 0.4) is 0 Å². The second-order valence-electron chi connectivity index (χ2n) is 8.70. The molecule has 28 heavy (non-hydrogen) atoms. The van der Waals surface area contributed by atoms with Crippen LogP contribution < -0.4 is 5.32 Å². The minimum atomic E-state index is -1.72. The van der Waals surface area contributed by atoms with Crippen molar-refractivity contribution in [1.29, 1.82) is 0 Å². The molecule has 1 heterocycles. The lowest BCUT2D eigenvalue weighted by molar-refractivity contribution is 0.0686. The Balaban J connectivity index is 2.46. The Hall–Kier alpha value is -2.83.